The van der Waals surface area contributed by atoms with Crippen molar-refractivity contribution in [2.45, 2.75) is 6.04 Å². The summed E-state index contributed by atoms with van der Waals surface area (Å²) in [7, 11) is 1.97. The maximum atomic E-state index is 12.4. The SMILES string of the molecule is Cn1cccc1[C@@H](CNC(=O)C(=O)Nc1ccc2c(c1)OCCO2)N1CCOCC1. The molecule has 1 atom stereocenters. The fraction of sp³-hybridized carbons (Fsp3) is 0.429. The summed E-state index contributed by atoms with van der Waals surface area (Å²) in [5.74, 6) is -0.230. The second-order valence-electron chi connectivity index (χ2n) is 7.23. The Labute approximate surface area is 174 Å². The Balaban J connectivity index is 1.38. The molecule has 2 N–H and O–H groups in total. The average molecular weight is 414 g/mol. The fourth-order valence-electron chi connectivity index (χ4n) is 3.71. The molecule has 2 amide bonds. The molecule has 0 aliphatic carbocycles. The number of anilines is 1. The molecule has 0 spiro atoms. The highest BCUT2D eigenvalue weighted by molar-refractivity contribution is 6.39. The number of nitrogens with one attached hydrogen (secondary N) is 2. The van der Waals surface area contributed by atoms with Crippen molar-refractivity contribution in [2.24, 2.45) is 7.05 Å². The molecule has 1 saturated heterocycles. The number of ether oxygens (including phenoxy) is 3. The van der Waals surface area contributed by atoms with E-state index in [2.05, 4.69) is 15.5 Å². The first kappa shape index (κ1) is 20.2. The highest BCUT2D eigenvalue weighted by Crippen LogP contribution is 2.32. The fourth-order valence-corrected chi connectivity index (χ4v) is 3.71. The molecule has 30 heavy (non-hydrogen) atoms. The molecule has 1 aromatic heterocycles. The van der Waals surface area contributed by atoms with Crippen LogP contribution in [0.25, 0.3) is 0 Å². The van der Waals surface area contributed by atoms with Crippen LogP contribution in [0.1, 0.15) is 11.7 Å². The lowest BCUT2D eigenvalue weighted by atomic mass is 10.1. The Morgan fingerprint density at radius 3 is 2.53 bits per heavy atom. The summed E-state index contributed by atoms with van der Waals surface area (Å²) in [6.45, 7) is 4.12. The van der Waals surface area contributed by atoms with Gasteiger partial charge in [-0.3, -0.25) is 14.5 Å². The van der Waals surface area contributed by atoms with Gasteiger partial charge in [-0.25, -0.2) is 0 Å². The van der Waals surface area contributed by atoms with E-state index in [0.29, 0.717) is 50.2 Å². The molecular weight excluding hydrogens is 388 g/mol. The van der Waals surface area contributed by atoms with E-state index in [1.54, 1.807) is 18.2 Å². The van der Waals surface area contributed by atoms with Crippen LogP contribution in [-0.2, 0) is 21.4 Å². The topological polar surface area (TPSA) is 94.1 Å². The normalized spacial score (nSPS) is 17.2. The molecule has 0 saturated carbocycles. The number of hydrogen-bond acceptors (Lipinski definition) is 6. The Morgan fingerprint density at radius 1 is 1.03 bits per heavy atom. The van der Waals surface area contributed by atoms with Crippen LogP contribution < -0.4 is 20.1 Å². The number of hydrogen-bond donors (Lipinski definition) is 2. The number of aromatic nitrogens is 1. The van der Waals surface area contributed by atoms with Gasteiger partial charge in [0.1, 0.15) is 13.2 Å². The third-order valence-corrected chi connectivity index (χ3v) is 5.27. The van der Waals surface area contributed by atoms with Gasteiger partial charge in [-0.1, -0.05) is 0 Å². The number of nitrogens with zero attached hydrogens (tertiary/aromatic N) is 2. The summed E-state index contributed by atoms with van der Waals surface area (Å²) in [5.41, 5.74) is 1.55. The van der Waals surface area contributed by atoms with E-state index in [0.717, 1.165) is 18.8 Å². The third kappa shape index (κ3) is 4.58. The number of fused-ring (bicyclic) bond motifs is 1. The van der Waals surface area contributed by atoms with Crippen LogP contribution in [0.5, 0.6) is 11.5 Å². The Morgan fingerprint density at radius 2 is 1.80 bits per heavy atom. The lowest BCUT2D eigenvalue weighted by Crippen LogP contribution is -2.46. The van der Waals surface area contributed by atoms with Gasteiger partial charge in [-0.15, -0.1) is 0 Å². The number of rotatable bonds is 5. The molecule has 3 heterocycles. The van der Waals surface area contributed by atoms with Gasteiger partial charge >= 0.3 is 11.8 Å². The van der Waals surface area contributed by atoms with E-state index in [1.807, 2.05) is 29.9 Å². The summed E-state index contributed by atoms with van der Waals surface area (Å²) < 4.78 is 18.5. The molecule has 2 aliphatic rings. The van der Waals surface area contributed by atoms with Crippen molar-refractivity contribution in [1.82, 2.24) is 14.8 Å². The number of carbonyl (C=O) groups is 2. The highest BCUT2D eigenvalue weighted by Gasteiger charge is 2.26. The van der Waals surface area contributed by atoms with Gasteiger partial charge in [0.15, 0.2) is 11.5 Å². The van der Waals surface area contributed by atoms with E-state index >= 15 is 0 Å². The minimum Gasteiger partial charge on any atom is -0.486 e. The van der Waals surface area contributed by atoms with Gasteiger partial charge in [0.2, 0.25) is 0 Å². The van der Waals surface area contributed by atoms with Crippen molar-refractivity contribution in [3.05, 3.63) is 42.2 Å². The zero-order chi connectivity index (χ0) is 20.9. The van der Waals surface area contributed by atoms with Crippen LogP contribution in [0.2, 0.25) is 0 Å². The van der Waals surface area contributed by atoms with Gasteiger partial charge in [-0.05, 0) is 24.3 Å². The molecule has 2 aromatic rings. The highest BCUT2D eigenvalue weighted by atomic mass is 16.6. The molecule has 0 radical (unpaired) electrons. The minimum atomic E-state index is -0.723. The molecular formula is C21H26N4O5. The van der Waals surface area contributed by atoms with Crippen LogP contribution in [0, 0.1) is 0 Å². The van der Waals surface area contributed by atoms with E-state index in [1.165, 1.54) is 0 Å². The zero-order valence-electron chi connectivity index (χ0n) is 16.9. The molecule has 9 heteroatoms. The predicted molar refractivity (Wildman–Crippen MR) is 110 cm³/mol. The molecule has 2 aliphatic heterocycles. The van der Waals surface area contributed by atoms with Gasteiger partial charge in [0.05, 0.1) is 19.3 Å². The van der Waals surface area contributed by atoms with Crippen molar-refractivity contribution in [3.63, 3.8) is 0 Å². The number of benzene rings is 1. The smallest absolute Gasteiger partial charge is 0.313 e. The lowest BCUT2D eigenvalue weighted by Gasteiger charge is -2.34. The number of aryl methyl sites for hydroxylation is 1. The largest absolute Gasteiger partial charge is 0.486 e. The number of carbonyl (C=O) groups excluding carboxylic acids is 2. The number of morpholine rings is 1. The first-order chi connectivity index (χ1) is 14.6. The average Bonchev–Trinajstić information content (AvgIpc) is 3.20. The van der Waals surface area contributed by atoms with Crippen LogP contribution in [-0.4, -0.2) is 67.3 Å². The van der Waals surface area contributed by atoms with Crippen molar-refractivity contribution in [1.29, 1.82) is 0 Å². The summed E-state index contributed by atoms with van der Waals surface area (Å²) in [4.78, 5) is 27.1. The standard InChI is InChI=1S/C21H26N4O5/c1-24-6-2-3-16(24)17(25-7-9-28-10-8-25)14-22-20(26)21(27)23-15-4-5-18-19(13-15)30-12-11-29-18/h2-6,13,17H,7-12,14H2,1H3,(H,22,26)(H,23,27)/t17-/m1/s1. The maximum Gasteiger partial charge on any atom is 0.313 e. The molecule has 1 fully saturated rings. The van der Waals surface area contributed by atoms with Gasteiger partial charge in [0.25, 0.3) is 0 Å². The lowest BCUT2D eigenvalue weighted by molar-refractivity contribution is -0.136. The van der Waals surface area contributed by atoms with Crippen molar-refractivity contribution >= 4 is 17.5 Å². The van der Waals surface area contributed by atoms with Crippen LogP contribution >= 0.6 is 0 Å². The second kappa shape index (κ2) is 9.19. The first-order valence-corrected chi connectivity index (χ1v) is 10.0. The summed E-state index contributed by atoms with van der Waals surface area (Å²) in [6, 6.07) is 9.01. The molecule has 0 bridgehead atoms. The van der Waals surface area contributed by atoms with Crippen LogP contribution in [0.3, 0.4) is 0 Å². The predicted octanol–water partition coefficient (Wildman–Crippen LogP) is 0.924. The first-order valence-electron chi connectivity index (χ1n) is 10.0. The minimum absolute atomic E-state index is 0.0417. The third-order valence-electron chi connectivity index (χ3n) is 5.27. The van der Waals surface area contributed by atoms with Gasteiger partial charge in [-0.2, -0.15) is 0 Å². The van der Waals surface area contributed by atoms with Gasteiger partial charge < -0.3 is 29.4 Å². The van der Waals surface area contributed by atoms with Gasteiger partial charge in [0, 0.05) is 50.3 Å². The van der Waals surface area contributed by atoms with E-state index < -0.39 is 11.8 Å². The Kier molecular flexibility index (Phi) is 6.20. The molecule has 4 rings (SSSR count). The number of amides is 2. The van der Waals surface area contributed by atoms with E-state index in [4.69, 9.17) is 14.2 Å². The molecule has 1 aromatic carbocycles. The van der Waals surface area contributed by atoms with Crippen molar-refractivity contribution < 1.29 is 23.8 Å². The molecule has 160 valence electrons. The maximum absolute atomic E-state index is 12.4. The second-order valence-corrected chi connectivity index (χ2v) is 7.23. The molecule has 9 nitrogen and oxygen atoms in total. The van der Waals surface area contributed by atoms with E-state index in [9.17, 15) is 9.59 Å². The quantitative estimate of drug-likeness (QED) is 0.707. The molecule has 0 unspecified atom stereocenters. The monoisotopic (exact) mass is 414 g/mol. The zero-order valence-corrected chi connectivity index (χ0v) is 16.9. The summed E-state index contributed by atoms with van der Waals surface area (Å²) in [6.07, 6.45) is 1.97. The summed E-state index contributed by atoms with van der Waals surface area (Å²) >= 11 is 0. The summed E-state index contributed by atoms with van der Waals surface area (Å²) in [5, 5.41) is 5.39. The Hall–Kier alpha value is -3.04. The van der Waals surface area contributed by atoms with Crippen LogP contribution in [0.15, 0.2) is 36.5 Å². The van der Waals surface area contributed by atoms with Crippen molar-refractivity contribution in [3.8, 4) is 11.5 Å². The van der Waals surface area contributed by atoms with Crippen molar-refractivity contribution in [2.75, 3.05) is 51.4 Å². The van der Waals surface area contributed by atoms with Crippen LogP contribution in [0.4, 0.5) is 5.69 Å². The Bertz CT molecular complexity index is 907. The van der Waals surface area contributed by atoms with E-state index in [-0.39, 0.29) is 6.04 Å².